The van der Waals surface area contributed by atoms with Crippen molar-refractivity contribution in [3.63, 3.8) is 0 Å². The van der Waals surface area contributed by atoms with E-state index in [-0.39, 0.29) is 5.56 Å². The number of aromatic hydroxyl groups is 1. The largest absolute Gasteiger partial charge is 0.508 e. The molecule has 1 aromatic rings. The first kappa shape index (κ1) is 14.7. The molecule has 0 spiro atoms. The summed E-state index contributed by atoms with van der Waals surface area (Å²) in [4.78, 5) is 0. The van der Waals surface area contributed by atoms with E-state index in [1.807, 2.05) is 0 Å². The molecule has 0 amide bonds. The monoisotopic (exact) mass is 269 g/mol. The van der Waals surface area contributed by atoms with Crippen molar-refractivity contribution in [3.05, 3.63) is 29.6 Å². The number of rotatable bonds is 5. The molecule has 2 nitrogen and oxygen atoms in total. The predicted molar refractivity (Wildman–Crippen MR) is 55.4 cm³/mol. The van der Waals surface area contributed by atoms with Gasteiger partial charge in [-0.2, -0.15) is 8.78 Å². The lowest BCUT2D eigenvalue weighted by Crippen LogP contribution is -2.39. The maximum Gasteiger partial charge on any atom is 0.319 e. The van der Waals surface area contributed by atoms with E-state index in [2.05, 4.69) is 5.32 Å². The Morgan fingerprint density at radius 1 is 1.33 bits per heavy atom. The average molecular weight is 269 g/mol. The van der Waals surface area contributed by atoms with E-state index in [1.165, 1.54) is 13.0 Å². The van der Waals surface area contributed by atoms with Gasteiger partial charge < -0.3 is 10.4 Å². The Morgan fingerprint density at radius 3 is 2.44 bits per heavy atom. The molecule has 0 fully saturated rings. The first-order chi connectivity index (χ1) is 8.24. The van der Waals surface area contributed by atoms with Crippen LogP contribution in [-0.4, -0.2) is 24.0 Å². The van der Waals surface area contributed by atoms with Crippen molar-refractivity contribution < 1.29 is 27.1 Å². The van der Waals surface area contributed by atoms with Gasteiger partial charge in [0.2, 0.25) is 0 Å². The number of hydrogen-bond donors (Lipinski definition) is 2. The summed E-state index contributed by atoms with van der Waals surface area (Å²) in [5, 5.41) is 11.6. The van der Waals surface area contributed by atoms with Crippen LogP contribution in [0.25, 0.3) is 0 Å². The Morgan fingerprint density at radius 2 is 1.94 bits per heavy atom. The van der Waals surface area contributed by atoms with Gasteiger partial charge in [-0.05, 0) is 13.0 Å². The SMILES string of the molecule is CC(NCC(F)(F)C(F)F)c1ccc(F)cc1O. The van der Waals surface area contributed by atoms with E-state index in [1.54, 1.807) is 0 Å². The lowest BCUT2D eigenvalue weighted by atomic mass is 10.1. The van der Waals surface area contributed by atoms with Gasteiger partial charge in [0.15, 0.2) is 0 Å². The van der Waals surface area contributed by atoms with Crippen molar-refractivity contribution in [1.82, 2.24) is 5.32 Å². The molecule has 18 heavy (non-hydrogen) atoms. The minimum atomic E-state index is -4.15. The summed E-state index contributed by atoms with van der Waals surface area (Å²) in [5.74, 6) is -5.25. The lowest BCUT2D eigenvalue weighted by molar-refractivity contribution is -0.126. The number of phenolic OH excluding ortho intramolecular Hbond substituents is 1. The number of halogens is 5. The highest BCUT2D eigenvalue weighted by Crippen LogP contribution is 2.27. The van der Waals surface area contributed by atoms with E-state index in [4.69, 9.17) is 0 Å². The third-order valence-corrected chi connectivity index (χ3v) is 2.42. The lowest BCUT2D eigenvalue weighted by Gasteiger charge is -2.20. The minimum absolute atomic E-state index is 0.154. The van der Waals surface area contributed by atoms with Gasteiger partial charge in [0.25, 0.3) is 0 Å². The summed E-state index contributed by atoms with van der Waals surface area (Å²) in [6.45, 7) is 0.164. The molecule has 102 valence electrons. The van der Waals surface area contributed by atoms with Crippen LogP contribution in [0.1, 0.15) is 18.5 Å². The topological polar surface area (TPSA) is 32.3 Å². The third kappa shape index (κ3) is 3.56. The summed E-state index contributed by atoms with van der Waals surface area (Å²) in [5.41, 5.74) is 0.154. The van der Waals surface area contributed by atoms with E-state index in [0.29, 0.717) is 0 Å². The third-order valence-electron chi connectivity index (χ3n) is 2.42. The van der Waals surface area contributed by atoms with Crippen molar-refractivity contribution in [3.8, 4) is 5.75 Å². The molecule has 0 saturated carbocycles. The molecule has 0 aliphatic heterocycles. The van der Waals surface area contributed by atoms with Gasteiger partial charge in [-0.1, -0.05) is 6.07 Å². The first-order valence-electron chi connectivity index (χ1n) is 5.12. The molecule has 1 aromatic carbocycles. The van der Waals surface area contributed by atoms with Crippen LogP contribution in [0.15, 0.2) is 18.2 Å². The van der Waals surface area contributed by atoms with Crippen molar-refractivity contribution in [1.29, 1.82) is 0 Å². The summed E-state index contributed by atoms with van der Waals surface area (Å²) in [7, 11) is 0. The Hall–Kier alpha value is -1.37. The smallest absolute Gasteiger partial charge is 0.319 e. The maximum atomic E-state index is 12.7. The summed E-state index contributed by atoms with van der Waals surface area (Å²) in [6.07, 6.45) is -3.76. The van der Waals surface area contributed by atoms with Crippen molar-refractivity contribution in [2.45, 2.75) is 25.3 Å². The second-order valence-corrected chi connectivity index (χ2v) is 3.87. The van der Waals surface area contributed by atoms with Crippen LogP contribution >= 0.6 is 0 Å². The van der Waals surface area contributed by atoms with Crippen LogP contribution in [0.4, 0.5) is 22.0 Å². The number of alkyl halides is 4. The van der Waals surface area contributed by atoms with Gasteiger partial charge in [0.05, 0.1) is 6.54 Å². The minimum Gasteiger partial charge on any atom is -0.508 e. The highest BCUT2D eigenvalue weighted by atomic mass is 19.3. The predicted octanol–water partition coefficient (Wildman–Crippen LogP) is 3.08. The zero-order valence-electron chi connectivity index (χ0n) is 9.43. The van der Waals surface area contributed by atoms with E-state index < -0.39 is 36.5 Å². The molecule has 7 heteroatoms. The molecule has 1 rings (SSSR count). The molecular formula is C11H12F5NO. The normalized spacial score (nSPS) is 13.9. The summed E-state index contributed by atoms with van der Waals surface area (Å²) in [6, 6.07) is 2.25. The molecule has 0 saturated heterocycles. The first-order valence-corrected chi connectivity index (χ1v) is 5.12. The summed E-state index contributed by atoms with van der Waals surface area (Å²) >= 11 is 0. The molecule has 2 N–H and O–H groups in total. The molecule has 0 bridgehead atoms. The van der Waals surface area contributed by atoms with Crippen LogP contribution in [0.5, 0.6) is 5.75 Å². The van der Waals surface area contributed by atoms with Crippen LogP contribution in [0, 0.1) is 5.82 Å². The molecule has 0 aromatic heterocycles. The number of benzene rings is 1. The summed E-state index contributed by atoms with van der Waals surface area (Å²) < 4.78 is 61.8. The zero-order chi connectivity index (χ0) is 13.9. The van der Waals surface area contributed by atoms with Crippen molar-refractivity contribution in [2.24, 2.45) is 0 Å². The average Bonchev–Trinajstić information content (AvgIpc) is 2.25. The van der Waals surface area contributed by atoms with Gasteiger partial charge in [0, 0.05) is 17.7 Å². The van der Waals surface area contributed by atoms with Crippen molar-refractivity contribution in [2.75, 3.05) is 6.54 Å². The standard InChI is InChI=1S/C11H12F5NO/c1-6(17-5-11(15,16)10(13)14)8-3-2-7(12)4-9(8)18/h2-4,6,10,17-18H,5H2,1H3. The second kappa shape index (κ2) is 5.51. The Labute approximate surface area is 100 Å². The second-order valence-electron chi connectivity index (χ2n) is 3.87. The van der Waals surface area contributed by atoms with Gasteiger partial charge in [-0.25, -0.2) is 13.2 Å². The van der Waals surface area contributed by atoms with Crippen molar-refractivity contribution >= 4 is 0 Å². The fourth-order valence-electron chi connectivity index (χ4n) is 1.36. The van der Waals surface area contributed by atoms with E-state index >= 15 is 0 Å². The van der Waals surface area contributed by atoms with Gasteiger partial charge in [0.1, 0.15) is 11.6 Å². The highest BCUT2D eigenvalue weighted by molar-refractivity contribution is 5.34. The molecular weight excluding hydrogens is 257 g/mol. The maximum absolute atomic E-state index is 12.7. The Bertz CT molecular complexity index is 410. The van der Waals surface area contributed by atoms with Crippen LogP contribution in [0.2, 0.25) is 0 Å². The van der Waals surface area contributed by atoms with Gasteiger partial charge in [-0.15, -0.1) is 0 Å². The number of nitrogens with one attached hydrogen (secondary N) is 1. The van der Waals surface area contributed by atoms with Crippen LogP contribution < -0.4 is 5.32 Å². The number of hydrogen-bond acceptors (Lipinski definition) is 2. The molecule has 1 unspecified atom stereocenters. The fourth-order valence-corrected chi connectivity index (χ4v) is 1.36. The van der Waals surface area contributed by atoms with E-state index in [0.717, 1.165) is 12.1 Å². The Kier molecular flexibility index (Phi) is 4.50. The zero-order valence-corrected chi connectivity index (χ0v) is 9.43. The molecule has 0 aliphatic carbocycles. The number of phenols is 1. The fraction of sp³-hybridized carbons (Fsp3) is 0.455. The molecule has 0 aliphatic rings. The molecule has 0 heterocycles. The molecule has 1 atom stereocenters. The van der Waals surface area contributed by atoms with Crippen LogP contribution in [0.3, 0.4) is 0 Å². The highest BCUT2D eigenvalue weighted by Gasteiger charge is 2.40. The van der Waals surface area contributed by atoms with E-state index in [9.17, 15) is 27.1 Å². The van der Waals surface area contributed by atoms with Gasteiger partial charge >= 0.3 is 12.3 Å². The Balaban J connectivity index is 2.69. The van der Waals surface area contributed by atoms with Gasteiger partial charge in [-0.3, -0.25) is 0 Å². The quantitative estimate of drug-likeness (QED) is 0.805. The molecule has 0 radical (unpaired) electrons. The van der Waals surface area contributed by atoms with Crippen LogP contribution in [-0.2, 0) is 0 Å².